The predicted molar refractivity (Wildman–Crippen MR) is 113 cm³/mol. The zero-order chi connectivity index (χ0) is 21.5. The molecule has 0 N–H and O–H groups in total. The monoisotopic (exact) mass is 452 g/mol. The lowest BCUT2D eigenvalue weighted by atomic mass is 10.3. The highest BCUT2D eigenvalue weighted by Gasteiger charge is 2.38. The maximum Gasteiger partial charge on any atom is 0.449 e. The van der Waals surface area contributed by atoms with Crippen LogP contribution in [0.15, 0.2) is 53.5 Å². The first-order valence-corrected chi connectivity index (χ1v) is 10.4. The molecule has 5 nitrogen and oxygen atoms in total. The Bertz CT molecular complexity index is 1130. The lowest BCUT2D eigenvalue weighted by Gasteiger charge is -2.23. The molecule has 0 saturated carbocycles. The van der Waals surface area contributed by atoms with Gasteiger partial charge in [-0.2, -0.15) is 13.2 Å². The number of nitrogens with zero attached hydrogens (tertiary/aromatic N) is 4. The molecule has 1 aromatic heterocycles. The van der Waals surface area contributed by atoms with E-state index in [-0.39, 0.29) is 17.1 Å². The van der Waals surface area contributed by atoms with Gasteiger partial charge in [0.05, 0.1) is 22.8 Å². The van der Waals surface area contributed by atoms with Crippen molar-refractivity contribution >= 4 is 51.2 Å². The second-order valence-electron chi connectivity index (χ2n) is 6.79. The zero-order valence-electron chi connectivity index (χ0n) is 15.7. The zero-order valence-corrected chi connectivity index (χ0v) is 17.3. The van der Waals surface area contributed by atoms with Gasteiger partial charge < -0.3 is 4.57 Å². The first kappa shape index (κ1) is 20.7. The Balaban J connectivity index is 1.77. The SMILES string of the molecule is CC1CSC(N(C(=O)Cn2c(C(F)(F)F)nc3ccccc32)c2ccc(Cl)cc2)=N1. The summed E-state index contributed by atoms with van der Waals surface area (Å²) in [6.45, 7) is 1.38. The average molecular weight is 453 g/mol. The number of carbonyl (C=O) groups is 1. The largest absolute Gasteiger partial charge is 0.449 e. The van der Waals surface area contributed by atoms with Gasteiger partial charge in [0.2, 0.25) is 5.82 Å². The summed E-state index contributed by atoms with van der Waals surface area (Å²) in [6, 6.07) is 12.7. The molecule has 1 unspecified atom stereocenters. The molecule has 30 heavy (non-hydrogen) atoms. The van der Waals surface area contributed by atoms with Crippen LogP contribution in [0.4, 0.5) is 18.9 Å². The molecule has 1 amide bonds. The van der Waals surface area contributed by atoms with E-state index in [1.165, 1.54) is 28.8 Å². The number of alkyl halides is 3. The molecule has 3 aromatic rings. The van der Waals surface area contributed by atoms with Crippen LogP contribution in [0.3, 0.4) is 0 Å². The average Bonchev–Trinajstić information content (AvgIpc) is 3.28. The molecule has 0 spiro atoms. The number of aliphatic imine (C=N–C) groups is 1. The number of hydrogen-bond donors (Lipinski definition) is 0. The van der Waals surface area contributed by atoms with Gasteiger partial charge in [-0.25, -0.2) is 4.98 Å². The summed E-state index contributed by atoms with van der Waals surface area (Å²) in [4.78, 5) is 22.8. The van der Waals surface area contributed by atoms with Gasteiger partial charge in [0.1, 0.15) is 6.54 Å². The number of aromatic nitrogens is 2. The van der Waals surface area contributed by atoms with Crippen LogP contribution in [-0.4, -0.2) is 32.4 Å². The maximum atomic E-state index is 13.6. The van der Waals surface area contributed by atoms with Crippen LogP contribution in [0.1, 0.15) is 12.7 Å². The van der Waals surface area contributed by atoms with Crippen molar-refractivity contribution in [2.75, 3.05) is 10.7 Å². The molecule has 0 bridgehead atoms. The van der Waals surface area contributed by atoms with E-state index in [4.69, 9.17) is 11.6 Å². The minimum Gasteiger partial charge on any atom is -0.311 e. The molecular weight excluding hydrogens is 437 g/mol. The number of hydrogen-bond acceptors (Lipinski definition) is 4. The number of benzene rings is 2. The minimum atomic E-state index is -4.70. The highest BCUT2D eigenvalue weighted by molar-refractivity contribution is 8.14. The second kappa shape index (κ2) is 7.96. The van der Waals surface area contributed by atoms with Crippen LogP contribution in [0.2, 0.25) is 5.02 Å². The van der Waals surface area contributed by atoms with Crippen molar-refractivity contribution in [3.8, 4) is 0 Å². The van der Waals surface area contributed by atoms with Gasteiger partial charge in [-0.3, -0.25) is 14.7 Å². The van der Waals surface area contributed by atoms with Crippen LogP contribution in [0.25, 0.3) is 11.0 Å². The maximum absolute atomic E-state index is 13.6. The summed E-state index contributed by atoms with van der Waals surface area (Å²) in [5, 5.41) is 0.938. The quantitative estimate of drug-likeness (QED) is 0.546. The number of amides is 1. The summed E-state index contributed by atoms with van der Waals surface area (Å²) in [6.07, 6.45) is -4.70. The van der Waals surface area contributed by atoms with Crippen molar-refractivity contribution in [1.82, 2.24) is 9.55 Å². The molecule has 2 heterocycles. The Kier molecular flexibility index (Phi) is 5.50. The molecule has 4 rings (SSSR count). The van der Waals surface area contributed by atoms with E-state index in [1.807, 2.05) is 6.92 Å². The Hall–Kier alpha value is -2.52. The van der Waals surface area contributed by atoms with Crippen molar-refractivity contribution in [2.24, 2.45) is 4.99 Å². The number of halogens is 4. The summed E-state index contributed by atoms with van der Waals surface area (Å²) in [5.74, 6) is -0.970. The fourth-order valence-electron chi connectivity index (χ4n) is 3.19. The van der Waals surface area contributed by atoms with E-state index >= 15 is 0 Å². The van der Waals surface area contributed by atoms with E-state index in [0.29, 0.717) is 21.6 Å². The fraction of sp³-hybridized carbons (Fsp3) is 0.250. The topological polar surface area (TPSA) is 50.5 Å². The van der Waals surface area contributed by atoms with Crippen molar-refractivity contribution in [3.63, 3.8) is 0 Å². The van der Waals surface area contributed by atoms with Crippen LogP contribution >= 0.6 is 23.4 Å². The number of anilines is 1. The Labute approximate surface area is 179 Å². The predicted octanol–water partition coefficient (Wildman–Crippen LogP) is 5.23. The molecule has 0 aliphatic carbocycles. The standard InChI is InChI=1S/C20H16ClF3N4OS/c1-12-11-30-19(25-12)28(14-8-6-13(21)7-9-14)17(29)10-27-16-5-3-2-4-15(16)26-18(27)20(22,23)24/h2-9,12H,10-11H2,1H3. The van der Waals surface area contributed by atoms with E-state index in [0.717, 1.165) is 4.57 Å². The molecule has 1 atom stereocenters. The molecule has 10 heteroatoms. The molecule has 0 fully saturated rings. The number of fused-ring (bicyclic) bond motifs is 1. The highest BCUT2D eigenvalue weighted by atomic mass is 35.5. The Morgan fingerprint density at radius 1 is 1.23 bits per heavy atom. The number of thioether (sulfide) groups is 1. The first-order chi connectivity index (χ1) is 14.2. The van der Waals surface area contributed by atoms with Crippen LogP contribution in [-0.2, 0) is 17.5 Å². The van der Waals surface area contributed by atoms with Gasteiger partial charge in [-0.1, -0.05) is 35.5 Å². The van der Waals surface area contributed by atoms with E-state index in [9.17, 15) is 18.0 Å². The summed E-state index contributed by atoms with van der Waals surface area (Å²) in [5.41, 5.74) is 0.906. The van der Waals surface area contributed by atoms with E-state index in [1.54, 1.807) is 36.4 Å². The third-order valence-corrected chi connectivity index (χ3v) is 5.96. The van der Waals surface area contributed by atoms with Gasteiger partial charge >= 0.3 is 6.18 Å². The second-order valence-corrected chi connectivity index (χ2v) is 8.21. The van der Waals surface area contributed by atoms with Crippen molar-refractivity contribution < 1.29 is 18.0 Å². The van der Waals surface area contributed by atoms with E-state index in [2.05, 4.69) is 9.98 Å². The van der Waals surface area contributed by atoms with Gasteiger partial charge in [0.25, 0.3) is 5.91 Å². The molecule has 2 aromatic carbocycles. The number of para-hydroxylation sites is 2. The molecule has 0 radical (unpaired) electrons. The van der Waals surface area contributed by atoms with Crippen molar-refractivity contribution in [2.45, 2.75) is 25.7 Å². The molecule has 0 saturated heterocycles. The van der Waals surface area contributed by atoms with Gasteiger partial charge in [-0.05, 0) is 43.3 Å². The number of imidazole rings is 1. The summed E-state index contributed by atoms with van der Waals surface area (Å²) in [7, 11) is 0. The van der Waals surface area contributed by atoms with E-state index < -0.39 is 24.5 Å². The molecule has 1 aliphatic rings. The highest BCUT2D eigenvalue weighted by Crippen LogP contribution is 2.32. The number of amidine groups is 1. The third kappa shape index (κ3) is 4.04. The van der Waals surface area contributed by atoms with Crippen LogP contribution in [0.5, 0.6) is 0 Å². The lowest BCUT2D eigenvalue weighted by molar-refractivity contribution is -0.147. The molecule has 156 valence electrons. The summed E-state index contributed by atoms with van der Waals surface area (Å²) < 4.78 is 41.7. The first-order valence-electron chi connectivity index (χ1n) is 9.05. The third-order valence-electron chi connectivity index (χ3n) is 4.51. The van der Waals surface area contributed by atoms with Gasteiger partial charge in [0.15, 0.2) is 5.17 Å². The Morgan fingerprint density at radius 3 is 2.57 bits per heavy atom. The van der Waals surface area contributed by atoms with Crippen LogP contribution < -0.4 is 4.90 Å². The smallest absolute Gasteiger partial charge is 0.311 e. The van der Waals surface area contributed by atoms with Crippen molar-refractivity contribution in [3.05, 3.63) is 59.4 Å². The fourth-order valence-corrected chi connectivity index (χ4v) is 4.37. The number of rotatable bonds is 3. The number of carbonyl (C=O) groups excluding carboxylic acids is 1. The van der Waals surface area contributed by atoms with Gasteiger partial charge in [0, 0.05) is 10.8 Å². The summed E-state index contributed by atoms with van der Waals surface area (Å²) >= 11 is 7.34. The molecule has 1 aliphatic heterocycles. The van der Waals surface area contributed by atoms with Crippen molar-refractivity contribution in [1.29, 1.82) is 0 Å². The van der Waals surface area contributed by atoms with Crippen LogP contribution in [0, 0.1) is 0 Å². The minimum absolute atomic E-state index is 0.00686. The normalized spacial score (nSPS) is 16.7. The Morgan fingerprint density at radius 2 is 1.93 bits per heavy atom. The van der Waals surface area contributed by atoms with Gasteiger partial charge in [-0.15, -0.1) is 0 Å². The molecular formula is C20H16ClF3N4OS. The lowest BCUT2D eigenvalue weighted by Crippen LogP contribution is -2.38.